The van der Waals surface area contributed by atoms with Crippen LogP contribution in [-0.4, -0.2) is 17.2 Å². The summed E-state index contributed by atoms with van der Waals surface area (Å²) in [6.45, 7) is 9.31. The van der Waals surface area contributed by atoms with Gasteiger partial charge in [0.15, 0.2) is 0 Å². The van der Waals surface area contributed by atoms with Gasteiger partial charge in [0.1, 0.15) is 0 Å². The van der Waals surface area contributed by atoms with Crippen molar-refractivity contribution >= 4 is 0 Å². The molecule has 0 aliphatic carbocycles. The van der Waals surface area contributed by atoms with Crippen molar-refractivity contribution in [3.63, 3.8) is 0 Å². The van der Waals surface area contributed by atoms with Crippen LogP contribution in [0.3, 0.4) is 0 Å². The molecule has 2 heteroatoms. The highest BCUT2D eigenvalue weighted by Gasteiger charge is 1.45. The molecule has 0 aromatic carbocycles. The minimum absolute atomic E-state index is 0. The van der Waals surface area contributed by atoms with Crippen LogP contribution in [0.2, 0.25) is 0 Å². The maximum Gasteiger partial charge on any atom is 0.0609 e. The van der Waals surface area contributed by atoms with Gasteiger partial charge in [-0.2, -0.15) is 0 Å². The molecule has 7 heavy (non-hydrogen) atoms. The van der Waals surface area contributed by atoms with Gasteiger partial charge in [0.2, 0.25) is 0 Å². The second-order valence-corrected chi connectivity index (χ2v) is 0.471. The molecular formula is C5H12O2. The van der Waals surface area contributed by atoms with Gasteiger partial charge < -0.3 is 10.6 Å². The van der Waals surface area contributed by atoms with Crippen molar-refractivity contribution in [3.05, 3.63) is 25.8 Å². The van der Waals surface area contributed by atoms with Crippen molar-refractivity contribution in [2.45, 2.75) is 0 Å². The second kappa shape index (κ2) is 53.3. The lowest BCUT2D eigenvalue weighted by Crippen LogP contribution is -1.62. The van der Waals surface area contributed by atoms with Gasteiger partial charge in [-0.1, -0.05) is 6.08 Å². The van der Waals surface area contributed by atoms with E-state index in [2.05, 4.69) is 19.7 Å². The normalized spacial score (nSPS) is 4.14. The molecule has 0 heterocycles. The highest BCUT2D eigenvalue weighted by atomic mass is 16.2. The summed E-state index contributed by atoms with van der Waals surface area (Å²) >= 11 is 0. The van der Waals surface area contributed by atoms with E-state index >= 15 is 0 Å². The summed E-state index contributed by atoms with van der Waals surface area (Å²) in [5.41, 5.74) is 0. The molecule has 0 spiro atoms. The molecule has 0 saturated heterocycles. The van der Waals surface area contributed by atoms with E-state index < -0.39 is 0 Å². The highest BCUT2D eigenvalue weighted by Crippen LogP contribution is 1.46. The van der Waals surface area contributed by atoms with E-state index in [1.165, 1.54) is 6.08 Å². The molecule has 0 aliphatic heterocycles. The van der Waals surface area contributed by atoms with Crippen LogP contribution in [0.4, 0.5) is 0 Å². The molecular weight excluding hydrogens is 92.1 g/mol. The van der Waals surface area contributed by atoms with Crippen LogP contribution < -0.4 is 0 Å². The zero-order valence-corrected chi connectivity index (χ0v) is 4.35. The van der Waals surface area contributed by atoms with Crippen LogP contribution in [0.1, 0.15) is 0 Å². The molecule has 3 N–H and O–H groups in total. The quantitative estimate of drug-likeness (QED) is 0.473. The molecule has 0 aromatic heterocycles. The Labute approximate surface area is 44.1 Å². The van der Waals surface area contributed by atoms with Gasteiger partial charge in [-0.3, -0.25) is 0 Å². The predicted molar refractivity (Wildman–Crippen MR) is 32.2 cm³/mol. The van der Waals surface area contributed by atoms with Crippen molar-refractivity contribution in [1.29, 1.82) is 0 Å². The van der Waals surface area contributed by atoms with E-state index in [4.69, 9.17) is 5.11 Å². The molecule has 0 bridgehead atoms. The summed E-state index contributed by atoms with van der Waals surface area (Å²) in [6, 6.07) is 0. The van der Waals surface area contributed by atoms with Gasteiger partial charge in [0, 0.05) is 0 Å². The maximum absolute atomic E-state index is 7.76. The number of hydrogen-bond donors (Lipinski definition) is 1. The summed E-state index contributed by atoms with van der Waals surface area (Å²) < 4.78 is 0. The smallest absolute Gasteiger partial charge is 0.0609 e. The molecule has 0 saturated carbocycles. The maximum atomic E-state index is 7.76. The number of aliphatic hydroxyl groups excluding tert-OH is 1. The Hall–Kier alpha value is -0.600. The Balaban J connectivity index is -0.0000000480. The number of aliphatic hydroxyl groups is 1. The molecule has 0 aromatic rings. The average Bonchev–Trinajstić information content (AvgIpc) is 1.72. The Morgan fingerprint density at radius 3 is 1.57 bits per heavy atom. The SMILES string of the molecule is C=C.C=CCO.O. The van der Waals surface area contributed by atoms with Crippen molar-refractivity contribution in [1.82, 2.24) is 0 Å². The summed E-state index contributed by atoms with van der Waals surface area (Å²) in [6.07, 6.45) is 1.43. The molecule has 0 unspecified atom stereocenters. The van der Waals surface area contributed by atoms with E-state index in [0.29, 0.717) is 0 Å². The molecule has 0 atom stereocenters. The van der Waals surface area contributed by atoms with E-state index in [0.717, 1.165) is 0 Å². The lowest BCUT2D eigenvalue weighted by atomic mass is 10.7. The Kier molecular flexibility index (Phi) is 123. The topological polar surface area (TPSA) is 51.7 Å². The largest absolute Gasteiger partial charge is 0.412 e. The van der Waals surface area contributed by atoms with E-state index in [9.17, 15) is 0 Å². The van der Waals surface area contributed by atoms with Gasteiger partial charge >= 0.3 is 0 Å². The standard InChI is InChI=1S/C3H6O.C2H4.H2O/c1-2-3-4;1-2;/h2,4H,1,3H2;1-2H2;1H2. The monoisotopic (exact) mass is 104 g/mol. The molecule has 0 amide bonds. The lowest BCUT2D eigenvalue weighted by Gasteiger charge is -1.60. The van der Waals surface area contributed by atoms with Gasteiger partial charge in [-0.15, -0.1) is 19.7 Å². The first kappa shape index (κ1) is 16.1. The Morgan fingerprint density at radius 1 is 1.43 bits per heavy atom. The van der Waals surface area contributed by atoms with Crippen LogP contribution in [0, 0.1) is 0 Å². The first-order valence-corrected chi connectivity index (χ1v) is 1.63. The first-order valence-electron chi connectivity index (χ1n) is 1.63. The van der Waals surface area contributed by atoms with Gasteiger partial charge in [0.05, 0.1) is 6.61 Å². The Bertz CT molecular complexity index is 27.3. The van der Waals surface area contributed by atoms with E-state index in [1.54, 1.807) is 0 Å². The fourth-order valence-corrected chi connectivity index (χ4v) is 0. The third-order valence-electron chi connectivity index (χ3n) is 0.129. The fraction of sp³-hybridized carbons (Fsp3) is 0.200. The molecule has 0 radical (unpaired) electrons. The summed E-state index contributed by atoms with van der Waals surface area (Å²) in [5.74, 6) is 0. The Morgan fingerprint density at radius 2 is 1.57 bits per heavy atom. The average molecular weight is 104 g/mol. The zero-order valence-electron chi connectivity index (χ0n) is 4.35. The second-order valence-electron chi connectivity index (χ2n) is 0.471. The minimum Gasteiger partial charge on any atom is -0.412 e. The van der Waals surface area contributed by atoms with Crippen LogP contribution >= 0.6 is 0 Å². The molecule has 0 aliphatic rings. The van der Waals surface area contributed by atoms with Gasteiger partial charge in [-0.05, 0) is 0 Å². The number of rotatable bonds is 1. The summed E-state index contributed by atoms with van der Waals surface area (Å²) in [7, 11) is 0. The zero-order chi connectivity index (χ0) is 5.41. The first-order chi connectivity index (χ1) is 2.91. The van der Waals surface area contributed by atoms with Crippen LogP contribution in [0.25, 0.3) is 0 Å². The van der Waals surface area contributed by atoms with Crippen LogP contribution in [-0.2, 0) is 0 Å². The molecule has 0 rings (SSSR count). The molecule has 2 nitrogen and oxygen atoms in total. The van der Waals surface area contributed by atoms with E-state index in [1.807, 2.05) is 0 Å². The lowest BCUT2D eigenvalue weighted by molar-refractivity contribution is 0.343. The van der Waals surface area contributed by atoms with Crippen molar-refractivity contribution in [2.24, 2.45) is 0 Å². The van der Waals surface area contributed by atoms with Crippen molar-refractivity contribution < 1.29 is 10.6 Å². The third kappa shape index (κ3) is 390. The van der Waals surface area contributed by atoms with Crippen molar-refractivity contribution in [3.8, 4) is 0 Å². The third-order valence-corrected chi connectivity index (χ3v) is 0.129. The van der Waals surface area contributed by atoms with Gasteiger partial charge in [0.25, 0.3) is 0 Å². The van der Waals surface area contributed by atoms with Gasteiger partial charge in [-0.25, -0.2) is 0 Å². The van der Waals surface area contributed by atoms with Crippen LogP contribution in [0.5, 0.6) is 0 Å². The van der Waals surface area contributed by atoms with Crippen molar-refractivity contribution in [2.75, 3.05) is 6.61 Å². The molecule has 0 fully saturated rings. The summed E-state index contributed by atoms with van der Waals surface area (Å²) in [4.78, 5) is 0. The van der Waals surface area contributed by atoms with E-state index in [-0.39, 0.29) is 12.1 Å². The van der Waals surface area contributed by atoms with Crippen LogP contribution in [0.15, 0.2) is 25.8 Å². The predicted octanol–water partition coefficient (Wildman–Crippen LogP) is 0.142. The fourth-order valence-electron chi connectivity index (χ4n) is 0. The highest BCUT2D eigenvalue weighted by molar-refractivity contribution is 4.60. The minimum atomic E-state index is 0. The number of hydrogen-bond acceptors (Lipinski definition) is 1. The molecule has 44 valence electrons. The summed E-state index contributed by atoms with van der Waals surface area (Å²) in [5, 5.41) is 7.76.